The zero-order chi connectivity index (χ0) is 9.90. The summed E-state index contributed by atoms with van der Waals surface area (Å²) in [5.41, 5.74) is 0. The first kappa shape index (κ1) is 11.0. The van der Waals surface area contributed by atoms with Crippen LogP contribution in [0.15, 0.2) is 48.6 Å². The molecule has 1 aliphatic rings. The summed E-state index contributed by atoms with van der Waals surface area (Å²) in [6.45, 7) is 0. The minimum absolute atomic E-state index is 1.07. The molecule has 0 aromatic heterocycles. The maximum atomic E-state index is 2.31. The van der Waals surface area contributed by atoms with Gasteiger partial charge in [0.25, 0.3) is 0 Å². The molecule has 0 bridgehead atoms. The Balaban J connectivity index is 2.35. The first-order valence-electron chi connectivity index (χ1n) is 5.62. The second-order valence-corrected chi connectivity index (χ2v) is 3.54. The van der Waals surface area contributed by atoms with E-state index in [2.05, 4.69) is 48.6 Å². The standard InChI is InChI=1S/C14H20/c1-2-4-6-8-10-12-14-13-11-9-7-5-3-1/h1-4,7,9-10,12H,5-6,8,11,13-14H2/b3-1?,4-2?,9-7-,12-10+. The van der Waals surface area contributed by atoms with Crippen LogP contribution in [0.5, 0.6) is 0 Å². The number of rotatable bonds is 0. The summed E-state index contributed by atoms with van der Waals surface area (Å²) in [5, 5.41) is 0. The molecule has 1 rings (SSSR count). The quantitative estimate of drug-likeness (QED) is 0.489. The van der Waals surface area contributed by atoms with Crippen molar-refractivity contribution in [3.05, 3.63) is 48.6 Å². The Bertz CT molecular complexity index is 228. The van der Waals surface area contributed by atoms with Crippen molar-refractivity contribution in [2.75, 3.05) is 0 Å². The molecule has 14 heavy (non-hydrogen) atoms. The molecule has 0 radical (unpaired) electrons. The average Bonchev–Trinajstić information content (AvgIpc) is 2.22. The van der Waals surface area contributed by atoms with Crippen molar-refractivity contribution in [3.63, 3.8) is 0 Å². The molecule has 0 spiro atoms. The lowest BCUT2D eigenvalue weighted by molar-refractivity contribution is 0.860. The molecule has 76 valence electrons. The van der Waals surface area contributed by atoms with Crippen LogP contribution in [0.25, 0.3) is 0 Å². The molecule has 0 aliphatic heterocycles. The largest absolute Gasteiger partial charge is 0.0885 e. The summed E-state index contributed by atoms with van der Waals surface area (Å²) in [6.07, 6.45) is 25.0. The fourth-order valence-electron chi connectivity index (χ4n) is 1.41. The Labute approximate surface area is 87.7 Å². The molecule has 0 atom stereocenters. The Morgan fingerprint density at radius 2 is 1.14 bits per heavy atom. The molecule has 0 fully saturated rings. The van der Waals surface area contributed by atoms with Crippen LogP contribution >= 0.6 is 0 Å². The zero-order valence-electron chi connectivity index (χ0n) is 8.86. The topological polar surface area (TPSA) is 0 Å². The van der Waals surface area contributed by atoms with Gasteiger partial charge in [0.05, 0.1) is 0 Å². The molecule has 0 aromatic carbocycles. The lowest BCUT2D eigenvalue weighted by Crippen LogP contribution is -1.71. The third-order valence-electron chi connectivity index (χ3n) is 2.23. The third kappa shape index (κ3) is 6.47. The lowest BCUT2D eigenvalue weighted by atomic mass is 10.2. The van der Waals surface area contributed by atoms with Gasteiger partial charge in [0, 0.05) is 0 Å². The molecule has 0 saturated heterocycles. The van der Waals surface area contributed by atoms with E-state index in [-0.39, 0.29) is 0 Å². The average molecular weight is 188 g/mol. The van der Waals surface area contributed by atoms with Crippen molar-refractivity contribution < 1.29 is 0 Å². The third-order valence-corrected chi connectivity index (χ3v) is 2.23. The maximum Gasteiger partial charge on any atom is -0.0166 e. The maximum absolute atomic E-state index is 2.31. The van der Waals surface area contributed by atoms with Crippen LogP contribution < -0.4 is 0 Å². The first-order valence-corrected chi connectivity index (χ1v) is 5.62. The summed E-state index contributed by atoms with van der Waals surface area (Å²) in [5.74, 6) is 0. The molecule has 0 heterocycles. The van der Waals surface area contributed by atoms with Gasteiger partial charge in [-0.3, -0.25) is 0 Å². The predicted octanol–water partition coefficient (Wildman–Crippen LogP) is 4.57. The Morgan fingerprint density at radius 3 is 2.07 bits per heavy atom. The highest BCUT2D eigenvalue weighted by Gasteiger charge is 1.82. The first-order chi connectivity index (χ1) is 7.00. The summed E-state index contributed by atoms with van der Waals surface area (Å²) in [6, 6.07) is 0. The monoisotopic (exact) mass is 188 g/mol. The van der Waals surface area contributed by atoms with Crippen LogP contribution in [0.1, 0.15) is 38.5 Å². The van der Waals surface area contributed by atoms with Crippen molar-refractivity contribution in [2.24, 2.45) is 0 Å². The lowest BCUT2D eigenvalue weighted by Gasteiger charge is -1.91. The second kappa shape index (κ2) is 8.55. The molecule has 0 amide bonds. The normalized spacial score (nSPS) is 24.0. The van der Waals surface area contributed by atoms with E-state index in [1.54, 1.807) is 0 Å². The van der Waals surface area contributed by atoms with Crippen LogP contribution in [0.2, 0.25) is 0 Å². The highest BCUT2D eigenvalue weighted by Crippen LogP contribution is 2.02. The second-order valence-electron chi connectivity index (χ2n) is 3.54. The van der Waals surface area contributed by atoms with Crippen LogP contribution in [-0.4, -0.2) is 0 Å². The van der Waals surface area contributed by atoms with Gasteiger partial charge in [-0.25, -0.2) is 0 Å². The van der Waals surface area contributed by atoms with Gasteiger partial charge in [0.15, 0.2) is 0 Å². The SMILES string of the molecule is C1=CC/C=C\CCC/C=C/CCC=C1. The van der Waals surface area contributed by atoms with Crippen LogP contribution in [0.3, 0.4) is 0 Å². The van der Waals surface area contributed by atoms with Gasteiger partial charge in [0.2, 0.25) is 0 Å². The van der Waals surface area contributed by atoms with Gasteiger partial charge in [-0.2, -0.15) is 0 Å². The molecule has 0 aromatic rings. The minimum Gasteiger partial charge on any atom is -0.0885 e. The fraction of sp³-hybridized carbons (Fsp3) is 0.429. The van der Waals surface area contributed by atoms with E-state index < -0.39 is 0 Å². The summed E-state index contributed by atoms with van der Waals surface area (Å²) in [4.78, 5) is 0. The Hall–Kier alpha value is -1.04. The molecule has 0 N–H and O–H groups in total. The van der Waals surface area contributed by atoms with E-state index in [4.69, 9.17) is 0 Å². The highest BCUT2D eigenvalue weighted by atomic mass is 13.9. The molecule has 0 nitrogen and oxygen atoms in total. The van der Waals surface area contributed by atoms with Crippen LogP contribution in [0, 0.1) is 0 Å². The molecular formula is C14H20. The fourth-order valence-corrected chi connectivity index (χ4v) is 1.41. The van der Waals surface area contributed by atoms with Gasteiger partial charge in [-0.05, 0) is 38.5 Å². The van der Waals surface area contributed by atoms with E-state index in [0.717, 1.165) is 12.8 Å². The van der Waals surface area contributed by atoms with Crippen molar-refractivity contribution in [3.8, 4) is 0 Å². The van der Waals surface area contributed by atoms with Crippen molar-refractivity contribution in [2.45, 2.75) is 38.5 Å². The van der Waals surface area contributed by atoms with Crippen molar-refractivity contribution in [1.29, 1.82) is 0 Å². The molecule has 1 aliphatic carbocycles. The molecule has 0 unspecified atom stereocenters. The minimum atomic E-state index is 1.07. The van der Waals surface area contributed by atoms with E-state index in [9.17, 15) is 0 Å². The number of hydrogen-bond donors (Lipinski definition) is 0. The van der Waals surface area contributed by atoms with Gasteiger partial charge in [0.1, 0.15) is 0 Å². The van der Waals surface area contributed by atoms with E-state index in [1.807, 2.05) is 0 Å². The van der Waals surface area contributed by atoms with Gasteiger partial charge in [-0.1, -0.05) is 48.6 Å². The van der Waals surface area contributed by atoms with Gasteiger partial charge < -0.3 is 0 Å². The molecule has 0 heteroatoms. The highest BCUT2D eigenvalue weighted by molar-refractivity contribution is 5.05. The Kier molecular flexibility index (Phi) is 6.74. The van der Waals surface area contributed by atoms with Gasteiger partial charge in [-0.15, -0.1) is 0 Å². The summed E-state index contributed by atoms with van der Waals surface area (Å²) >= 11 is 0. The van der Waals surface area contributed by atoms with Crippen LogP contribution in [0.4, 0.5) is 0 Å². The molecule has 0 saturated carbocycles. The smallest absolute Gasteiger partial charge is 0.0166 e. The van der Waals surface area contributed by atoms with Crippen LogP contribution in [-0.2, 0) is 0 Å². The van der Waals surface area contributed by atoms with E-state index in [1.165, 1.54) is 25.7 Å². The van der Waals surface area contributed by atoms with E-state index in [0.29, 0.717) is 0 Å². The zero-order valence-corrected chi connectivity index (χ0v) is 8.86. The molecular weight excluding hydrogens is 168 g/mol. The van der Waals surface area contributed by atoms with Crippen molar-refractivity contribution >= 4 is 0 Å². The van der Waals surface area contributed by atoms with Crippen molar-refractivity contribution in [1.82, 2.24) is 0 Å². The predicted molar refractivity (Wildman–Crippen MR) is 64.3 cm³/mol. The van der Waals surface area contributed by atoms with E-state index >= 15 is 0 Å². The summed E-state index contributed by atoms with van der Waals surface area (Å²) < 4.78 is 0. The Morgan fingerprint density at radius 1 is 0.500 bits per heavy atom. The number of allylic oxidation sites excluding steroid dienone is 8. The number of hydrogen-bond acceptors (Lipinski definition) is 0. The van der Waals surface area contributed by atoms with Gasteiger partial charge >= 0.3 is 0 Å². The summed E-state index contributed by atoms with van der Waals surface area (Å²) in [7, 11) is 0.